The van der Waals surface area contributed by atoms with Crippen molar-refractivity contribution < 1.29 is 9.53 Å². The van der Waals surface area contributed by atoms with Crippen molar-refractivity contribution in [3.63, 3.8) is 0 Å². The van der Waals surface area contributed by atoms with Crippen molar-refractivity contribution in [2.24, 2.45) is 0 Å². The van der Waals surface area contributed by atoms with Crippen LogP contribution < -0.4 is 5.73 Å². The Bertz CT molecular complexity index is 1080. The molecule has 0 radical (unpaired) electrons. The van der Waals surface area contributed by atoms with E-state index >= 15 is 0 Å². The van der Waals surface area contributed by atoms with E-state index in [0.29, 0.717) is 17.0 Å². The summed E-state index contributed by atoms with van der Waals surface area (Å²) in [6, 6.07) is 7.91. The smallest absolute Gasteiger partial charge is 0.208 e. The molecule has 2 aromatic heterocycles. The molecule has 1 aliphatic rings. The van der Waals surface area contributed by atoms with Gasteiger partial charge in [-0.25, -0.2) is 9.97 Å². The molecule has 2 N–H and O–H groups in total. The number of ketones is 1. The van der Waals surface area contributed by atoms with Crippen molar-refractivity contribution in [1.29, 1.82) is 0 Å². The van der Waals surface area contributed by atoms with Crippen LogP contribution in [0.1, 0.15) is 48.5 Å². The molecule has 3 heterocycles. The van der Waals surface area contributed by atoms with Gasteiger partial charge in [0.25, 0.3) is 0 Å². The zero-order valence-corrected chi connectivity index (χ0v) is 15.5. The molecule has 1 aromatic carbocycles. The van der Waals surface area contributed by atoms with Gasteiger partial charge in [0.15, 0.2) is 0 Å². The maximum absolute atomic E-state index is 12.8. The van der Waals surface area contributed by atoms with Gasteiger partial charge in [-0.05, 0) is 48.2 Å². The number of aromatic nitrogens is 2. The van der Waals surface area contributed by atoms with Crippen LogP contribution in [0.15, 0.2) is 36.8 Å². The Kier molecular flexibility index (Phi) is 4.48. The summed E-state index contributed by atoms with van der Waals surface area (Å²) in [6.07, 6.45) is 8.96. The summed E-state index contributed by atoms with van der Waals surface area (Å²) in [5.74, 6) is 2.68. The number of fused-ring (bicyclic) bond motifs is 1. The number of anilines is 1. The molecule has 1 aliphatic heterocycles. The van der Waals surface area contributed by atoms with Crippen LogP contribution in [0.3, 0.4) is 0 Å². The van der Waals surface area contributed by atoms with E-state index in [9.17, 15) is 4.79 Å². The van der Waals surface area contributed by atoms with Crippen molar-refractivity contribution in [2.75, 3.05) is 12.3 Å². The minimum absolute atomic E-state index is 0.180. The van der Waals surface area contributed by atoms with E-state index < -0.39 is 0 Å². The van der Waals surface area contributed by atoms with Gasteiger partial charge in [0, 0.05) is 16.6 Å². The van der Waals surface area contributed by atoms with Crippen molar-refractivity contribution in [1.82, 2.24) is 9.97 Å². The third kappa shape index (κ3) is 3.12. The first-order valence-corrected chi connectivity index (χ1v) is 9.31. The van der Waals surface area contributed by atoms with Gasteiger partial charge in [-0.1, -0.05) is 12.0 Å². The molecule has 0 saturated heterocycles. The highest BCUT2D eigenvalue weighted by Gasteiger charge is 2.27. The van der Waals surface area contributed by atoms with Gasteiger partial charge >= 0.3 is 0 Å². The van der Waals surface area contributed by atoms with E-state index in [2.05, 4.69) is 22.0 Å². The highest BCUT2D eigenvalue weighted by Crippen LogP contribution is 2.38. The second-order valence-corrected chi connectivity index (χ2v) is 7.59. The Labute approximate surface area is 161 Å². The number of hydrogen-bond acceptors (Lipinski definition) is 6. The fraction of sp³-hybridized carbons (Fsp3) is 0.190. The van der Waals surface area contributed by atoms with Crippen molar-refractivity contribution in [2.45, 2.75) is 19.4 Å². The number of nitrogens with zero attached hydrogens (tertiary/aromatic N) is 2. The lowest BCUT2D eigenvalue weighted by atomic mass is 9.91. The normalized spacial score (nSPS) is 15.8. The molecule has 0 fully saturated rings. The third-order valence-electron chi connectivity index (χ3n) is 4.70. The van der Waals surface area contributed by atoms with Crippen LogP contribution in [0.4, 0.5) is 5.82 Å². The molecule has 1 atom stereocenters. The van der Waals surface area contributed by atoms with E-state index in [-0.39, 0.29) is 17.7 Å². The fourth-order valence-corrected chi connectivity index (χ4v) is 4.31. The molecule has 0 spiro atoms. The van der Waals surface area contributed by atoms with Crippen LogP contribution in [0.5, 0.6) is 0 Å². The number of carbonyl (C=O) groups excluding carboxylic acids is 1. The third-order valence-corrected chi connectivity index (χ3v) is 5.77. The number of nitrogen functional groups attached to an aromatic ring is 1. The molecular formula is C21H17N3O2S. The lowest BCUT2D eigenvalue weighted by molar-refractivity contribution is 0.0697. The van der Waals surface area contributed by atoms with Crippen molar-refractivity contribution in [3.05, 3.63) is 74.4 Å². The predicted molar refractivity (Wildman–Crippen MR) is 105 cm³/mol. The summed E-state index contributed by atoms with van der Waals surface area (Å²) in [5, 5.41) is 0. The molecule has 1 unspecified atom stereocenters. The largest absolute Gasteiger partial charge is 0.383 e. The van der Waals surface area contributed by atoms with Crippen LogP contribution in [-0.4, -0.2) is 22.4 Å². The standard InChI is InChI=1S/C21H17N3O2S/c1-3-13-4-5-14-6-7-26-20(16(14)8-13)15-9-18(27-12(15)2)19(25)17-10-23-11-24-21(17)22/h1,4-5,8-11,20H,6-7H2,2H3,(H2,22,23,24). The zero-order valence-electron chi connectivity index (χ0n) is 14.7. The summed E-state index contributed by atoms with van der Waals surface area (Å²) in [4.78, 5) is 22.3. The summed E-state index contributed by atoms with van der Waals surface area (Å²) in [5.41, 5.74) is 10.2. The quantitative estimate of drug-likeness (QED) is 0.561. The van der Waals surface area contributed by atoms with Crippen LogP contribution in [-0.2, 0) is 11.2 Å². The molecule has 5 nitrogen and oxygen atoms in total. The van der Waals surface area contributed by atoms with E-state index in [1.165, 1.54) is 29.4 Å². The highest BCUT2D eigenvalue weighted by atomic mass is 32.1. The number of ether oxygens (including phenoxy) is 1. The Hall–Kier alpha value is -3.01. The predicted octanol–water partition coefficient (Wildman–Crippen LogP) is 3.30. The fourth-order valence-electron chi connectivity index (χ4n) is 3.31. The van der Waals surface area contributed by atoms with Gasteiger partial charge < -0.3 is 10.5 Å². The Morgan fingerprint density at radius 3 is 3.00 bits per heavy atom. The van der Waals surface area contributed by atoms with Crippen LogP contribution in [0.25, 0.3) is 0 Å². The highest BCUT2D eigenvalue weighted by molar-refractivity contribution is 7.14. The van der Waals surface area contributed by atoms with Gasteiger partial charge in [-0.15, -0.1) is 17.8 Å². The van der Waals surface area contributed by atoms with Gasteiger partial charge in [-0.2, -0.15) is 0 Å². The Morgan fingerprint density at radius 2 is 2.22 bits per heavy atom. The van der Waals surface area contributed by atoms with E-state index in [1.54, 1.807) is 0 Å². The number of nitrogens with two attached hydrogens (primary N) is 1. The Morgan fingerprint density at radius 1 is 1.37 bits per heavy atom. The lowest BCUT2D eigenvalue weighted by Gasteiger charge is -2.26. The van der Waals surface area contributed by atoms with Crippen LogP contribution >= 0.6 is 11.3 Å². The second kappa shape index (κ2) is 6.95. The molecule has 27 heavy (non-hydrogen) atoms. The number of hydrogen-bond donors (Lipinski definition) is 1. The van der Waals surface area contributed by atoms with Crippen LogP contribution in [0.2, 0.25) is 0 Å². The van der Waals surface area contributed by atoms with Gasteiger partial charge in [0.2, 0.25) is 5.78 Å². The van der Waals surface area contributed by atoms with Crippen molar-refractivity contribution >= 4 is 22.9 Å². The minimum Gasteiger partial charge on any atom is -0.383 e. The molecule has 6 heteroatoms. The number of terminal acetylenes is 1. The molecule has 0 amide bonds. The molecule has 0 saturated carbocycles. The SMILES string of the molecule is C#Cc1ccc2c(c1)C(c1cc(C(=O)c3cncnc3N)sc1C)OCC2. The molecule has 0 bridgehead atoms. The number of carbonyl (C=O) groups is 1. The summed E-state index contributed by atoms with van der Waals surface area (Å²) in [7, 11) is 0. The molecular weight excluding hydrogens is 358 g/mol. The monoisotopic (exact) mass is 375 g/mol. The molecule has 3 aromatic rings. The summed E-state index contributed by atoms with van der Waals surface area (Å²) < 4.78 is 6.07. The number of thiophene rings is 1. The summed E-state index contributed by atoms with van der Waals surface area (Å²) in [6.45, 7) is 2.62. The second-order valence-electron chi connectivity index (χ2n) is 6.33. The first-order valence-electron chi connectivity index (χ1n) is 8.50. The van der Waals surface area contributed by atoms with E-state index in [1.807, 2.05) is 25.1 Å². The first-order chi connectivity index (χ1) is 13.1. The average molecular weight is 375 g/mol. The number of rotatable bonds is 3. The first kappa shape index (κ1) is 17.4. The van der Waals surface area contributed by atoms with E-state index in [4.69, 9.17) is 16.9 Å². The maximum atomic E-state index is 12.8. The zero-order chi connectivity index (χ0) is 19.0. The molecule has 4 rings (SSSR count). The average Bonchev–Trinajstić information content (AvgIpc) is 3.08. The topological polar surface area (TPSA) is 78.1 Å². The van der Waals surface area contributed by atoms with Gasteiger partial charge in [-0.3, -0.25) is 4.79 Å². The Balaban J connectivity index is 1.75. The number of benzene rings is 1. The maximum Gasteiger partial charge on any atom is 0.208 e. The lowest BCUT2D eigenvalue weighted by Crippen LogP contribution is -2.17. The van der Waals surface area contributed by atoms with Crippen molar-refractivity contribution in [3.8, 4) is 12.3 Å². The minimum atomic E-state index is -0.232. The molecule has 134 valence electrons. The summed E-state index contributed by atoms with van der Waals surface area (Å²) >= 11 is 1.42. The van der Waals surface area contributed by atoms with Crippen LogP contribution in [0, 0.1) is 19.3 Å². The molecule has 0 aliphatic carbocycles. The van der Waals surface area contributed by atoms with Gasteiger partial charge in [0.1, 0.15) is 18.2 Å². The van der Waals surface area contributed by atoms with E-state index in [0.717, 1.165) is 28.0 Å². The van der Waals surface area contributed by atoms with Gasteiger partial charge in [0.05, 0.1) is 17.0 Å². The number of aryl methyl sites for hydroxylation is 1.